The number of thiazole rings is 1. The average Bonchev–Trinajstić information content (AvgIpc) is 2.96. The van der Waals surface area contributed by atoms with Gasteiger partial charge in [-0.1, -0.05) is 18.5 Å². The van der Waals surface area contributed by atoms with Gasteiger partial charge in [0, 0.05) is 17.1 Å². The van der Waals surface area contributed by atoms with Gasteiger partial charge in [0.1, 0.15) is 17.4 Å². The summed E-state index contributed by atoms with van der Waals surface area (Å²) < 4.78 is 6.85. The third-order valence-electron chi connectivity index (χ3n) is 3.37. The van der Waals surface area contributed by atoms with Gasteiger partial charge in [-0.05, 0) is 48.9 Å². The summed E-state index contributed by atoms with van der Waals surface area (Å²) in [5.74, 6) is 0.764. The number of rotatable bonds is 6. The molecule has 0 saturated heterocycles. The first-order valence-electron chi connectivity index (χ1n) is 7.71. The summed E-state index contributed by atoms with van der Waals surface area (Å²) in [5, 5.41) is 4.43. The highest BCUT2D eigenvalue weighted by Gasteiger charge is 2.06. The molecule has 24 heavy (non-hydrogen) atoms. The number of hydrogen-bond acceptors (Lipinski definition) is 4. The van der Waals surface area contributed by atoms with E-state index in [1.807, 2.05) is 49.4 Å². The van der Waals surface area contributed by atoms with Gasteiger partial charge in [0.2, 0.25) is 5.91 Å². The van der Waals surface area contributed by atoms with E-state index in [1.165, 1.54) is 0 Å². The lowest BCUT2D eigenvalue weighted by molar-refractivity contribution is -0.116. The molecule has 0 radical (unpaired) electrons. The minimum absolute atomic E-state index is 0.0271. The molecule has 3 aromatic rings. The highest BCUT2D eigenvalue weighted by molar-refractivity contribution is 7.18. The third-order valence-corrected chi connectivity index (χ3v) is 4.62. The summed E-state index contributed by atoms with van der Waals surface area (Å²) in [7, 11) is 0. The molecule has 3 rings (SSSR count). The summed E-state index contributed by atoms with van der Waals surface area (Å²) in [5.41, 5.74) is 1.66. The monoisotopic (exact) mass is 360 g/mol. The van der Waals surface area contributed by atoms with Crippen molar-refractivity contribution in [2.45, 2.75) is 26.4 Å². The van der Waals surface area contributed by atoms with E-state index in [0.717, 1.165) is 33.1 Å². The summed E-state index contributed by atoms with van der Waals surface area (Å²) in [6.45, 7) is 2.38. The molecular weight excluding hydrogens is 344 g/mol. The van der Waals surface area contributed by atoms with Crippen LogP contribution in [-0.2, 0) is 11.4 Å². The number of nitrogens with zero attached hydrogens (tertiary/aromatic N) is 1. The standard InChI is InChI=1S/C18H17ClN2O2S/c1-2-3-17(22)20-13-5-7-14(8-6-13)23-11-18-21-15-10-12(19)4-9-16(15)24-18/h4-10H,2-3,11H2,1H3,(H,20,22). The van der Waals surface area contributed by atoms with Crippen LogP contribution < -0.4 is 10.1 Å². The zero-order valence-electron chi connectivity index (χ0n) is 13.2. The predicted molar refractivity (Wildman–Crippen MR) is 98.9 cm³/mol. The molecule has 1 aromatic heterocycles. The minimum atomic E-state index is 0.0271. The first kappa shape index (κ1) is 16.7. The van der Waals surface area contributed by atoms with Crippen molar-refractivity contribution in [2.75, 3.05) is 5.32 Å². The van der Waals surface area contributed by atoms with Gasteiger partial charge in [0.15, 0.2) is 0 Å². The number of carbonyl (C=O) groups is 1. The van der Waals surface area contributed by atoms with Crippen molar-refractivity contribution in [2.24, 2.45) is 0 Å². The number of amides is 1. The van der Waals surface area contributed by atoms with Crippen LogP contribution in [0.1, 0.15) is 24.8 Å². The van der Waals surface area contributed by atoms with Crippen molar-refractivity contribution in [3.05, 3.63) is 52.5 Å². The van der Waals surface area contributed by atoms with E-state index in [4.69, 9.17) is 16.3 Å². The van der Waals surface area contributed by atoms with Crippen LogP contribution in [0.3, 0.4) is 0 Å². The molecule has 1 amide bonds. The maximum Gasteiger partial charge on any atom is 0.224 e. The predicted octanol–water partition coefficient (Wildman–Crippen LogP) is 5.27. The second-order valence-electron chi connectivity index (χ2n) is 5.33. The smallest absolute Gasteiger partial charge is 0.224 e. The van der Waals surface area contributed by atoms with Gasteiger partial charge in [-0.15, -0.1) is 11.3 Å². The molecule has 4 nitrogen and oxygen atoms in total. The van der Waals surface area contributed by atoms with Crippen molar-refractivity contribution in [3.8, 4) is 5.75 Å². The number of carbonyl (C=O) groups excluding carboxylic acids is 1. The Morgan fingerprint density at radius 3 is 2.79 bits per heavy atom. The highest BCUT2D eigenvalue weighted by atomic mass is 35.5. The van der Waals surface area contributed by atoms with Gasteiger partial charge < -0.3 is 10.1 Å². The van der Waals surface area contributed by atoms with Gasteiger partial charge in [0.25, 0.3) is 0 Å². The summed E-state index contributed by atoms with van der Waals surface area (Å²) in [6, 6.07) is 13.0. The Balaban J connectivity index is 1.60. The van der Waals surface area contributed by atoms with E-state index in [1.54, 1.807) is 11.3 Å². The van der Waals surface area contributed by atoms with Crippen molar-refractivity contribution >= 4 is 44.7 Å². The zero-order valence-corrected chi connectivity index (χ0v) is 14.8. The van der Waals surface area contributed by atoms with Gasteiger partial charge in [-0.25, -0.2) is 4.98 Å². The van der Waals surface area contributed by atoms with Crippen LogP contribution in [0.2, 0.25) is 5.02 Å². The third kappa shape index (κ3) is 4.24. The molecule has 6 heteroatoms. The Morgan fingerprint density at radius 1 is 1.25 bits per heavy atom. The quantitative estimate of drug-likeness (QED) is 0.651. The number of anilines is 1. The number of halogens is 1. The molecule has 0 unspecified atom stereocenters. The van der Waals surface area contributed by atoms with E-state index in [9.17, 15) is 4.79 Å². The fourth-order valence-corrected chi connectivity index (χ4v) is 3.27. The number of benzene rings is 2. The molecule has 1 heterocycles. The Labute approximate surface area is 149 Å². The molecule has 0 aliphatic rings. The van der Waals surface area contributed by atoms with Crippen LogP contribution in [0.5, 0.6) is 5.75 Å². The van der Waals surface area contributed by atoms with Crippen LogP contribution >= 0.6 is 22.9 Å². The van der Waals surface area contributed by atoms with E-state index in [-0.39, 0.29) is 5.91 Å². The number of ether oxygens (including phenoxy) is 1. The summed E-state index contributed by atoms with van der Waals surface area (Å²) in [6.07, 6.45) is 1.36. The second kappa shape index (κ2) is 7.64. The molecular formula is C18H17ClN2O2S. The lowest BCUT2D eigenvalue weighted by Gasteiger charge is -2.07. The van der Waals surface area contributed by atoms with Gasteiger partial charge in [-0.2, -0.15) is 0 Å². The largest absolute Gasteiger partial charge is 0.486 e. The molecule has 124 valence electrons. The molecule has 0 fully saturated rings. The lowest BCUT2D eigenvalue weighted by atomic mass is 10.2. The maximum absolute atomic E-state index is 11.6. The topological polar surface area (TPSA) is 51.2 Å². The highest BCUT2D eigenvalue weighted by Crippen LogP contribution is 2.26. The molecule has 0 aliphatic heterocycles. The summed E-state index contributed by atoms with van der Waals surface area (Å²) in [4.78, 5) is 16.1. The number of aromatic nitrogens is 1. The van der Waals surface area contributed by atoms with Gasteiger partial charge >= 0.3 is 0 Å². The maximum atomic E-state index is 11.6. The normalized spacial score (nSPS) is 10.8. The van der Waals surface area contributed by atoms with E-state index >= 15 is 0 Å². The lowest BCUT2D eigenvalue weighted by Crippen LogP contribution is -2.10. The van der Waals surface area contributed by atoms with E-state index in [0.29, 0.717) is 18.1 Å². The Kier molecular flexibility index (Phi) is 5.33. The molecule has 1 N–H and O–H groups in total. The number of fused-ring (bicyclic) bond motifs is 1. The van der Waals surface area contributed by atoms with Crippen molar-refractivity contribution in [3.63, 3.8) is 0 Å². The van der Waals surface area contributed by atoms with Crippen molar-refractivity contribution < 1.29 is 9.53 Å². The van der Waals surface area contributed by atoms with Crippen LogP contribution in [0, 0.1) is 0 Å². The Hall–Kier alpha value is -2.11. The fourth-order valence-electron chi connectivity index (χ4n) is 2.24. The Bertz CT molecular complexity index is 846. The molecule has 0 saturated carbocycles. The molecule has 0 bridgehead atoms. The molecule has 0 atom stereocenters. The SMILES string of the molecule is CCCC(=O)Nc1ccc(OCc2nc3cc(Cl)ccc3s2)cc1. The van der Waals surface area contributed by atoms with Gasteiger partial charge in [0.05, 0.1) is 10.2 Å². The molecule has 2 aromatic carbocycles. The number of nitrogens with one attached hydrogen (secondary N) is 1. The first-order chi connectivity index (χ1) is 11.6. The van der Waals surface area contributed by atoms with Crippen LogP contribution in [-0.4, -0.2) is 10.9 Å². The molecule has 0 spiro atoms. The first-order valence-corrected chi connectivity index (χ1v) is 8.91. The second-order valence-corrected chi connectivity index (χ2v) is 6.88. The van der Waals surface area contributed by atoms with Crippen LogP contribution in [0.25, 0.3) is 10.2 Å². The number of hydrogen-bond donors (Lipinski definition) is 1. The summed E-state index contributed by atoms with van der Waals surface area (Å²) >= 11 is 7.57. The fraction of sp³-hybridized carbons (Fsp3) is 0.222. The van der Waals surface area contributed by atoms with E-state index in [2.05, 4.69) is 10.3 Å². The van der Waals surface area contributed by atoms with E-state index < -0.39 is 0 Å². The van der Waals surface area contributed by atoms with Crippen LogP contribution in [0.15, 0.2) is 42.5 Å². The van der Waals surface area contributed by atoms with Crippen molar-refractivity contribution in [1.29, 1.82) is 0 Å². The average molecular weight is 361 g/mol. The Morgan fingerprint density at radius 2 is 2.04 bits per heavy atom. The van der Waals surface area contributed by atoms with Crippen molar-refractivity contribution in [1.82, 2.24) is 4.98 Å². The molecule has 0 aliphatic carbocycles. The zero-order chi connectivity index (χ0) is 16.9. The van der Waals surface area contributed by atoms with Crippen LogP contribution in [0.4, 0.5) is 5.69 Å². The van der Waals surface area contributed by atoms with Gasteiger partial charge in [-0.3, -0.25) is 4.79 Å². The minimum Gasteiger partial charge on any atom is -0.486 e.